The Kier molecular flexibility index (Phi) is 4.60. The van der Waals surface area contributed by atoms with Gasteiger partial charge in [-0.1, -0.05) is 26.8 Å². The number of carbonyl (C=O) groups is 1. The van der Waals surface area contributed by atoms with Gasteiger partial charge in [0.15, 0.2) is 11.5 Å². The number of benzene rings is 1. The van der Waals surface area contributed by atoms with Crippen molar-refractivity contribution in [1.82, 2.24) is 10.6 Å². The summed E-state index contributed by atoms with van der Waals surface area (Å²) in [5, 5.41) is 6.19. The quantitative estimate of drug-likeness (QED) is 0.854. The minimum Gasteiger partial charge on any atom is -0.493 e. The molecule has 138 valence electrons. The molecule has 2 bridgehead atoms. The lowest BCUT2D eigenvalue weighted by Gasteiger charge is -2.39. The van der Waals surface area contributed by atoms with E-state index in [1.807, 2.05) is 18.2 Å². The van der Waals surface area contributed by atoms with Gasteiger partial charge < -0.3 is 20.1 Å². The molecule has 5 nitrogen and oxygen atoms in total. The molecule has 3 rings (SSSR count). The van der Waals surface area contributed by atoms with Crippen LogP contribution in [0.15, 0.2) is 18.2 Å². The number of hydrogen-bond donors (Lipinski definition) is 2. The predicted molar refractivity (Wildman–Crippen MR) is 97.9 cm³/mol. The Morgan fingerprint density at radius 3 is 2.48 bits per heavy atom. The second kappa shape index (κ2) is 6.43. The molecule has 1 aromatic carbocycles. The van der Waals surface area contributed by atoms with Crippen LogP contribution in [0.1, 0.15) is 45.6 Å². The van der Waals surface area contributed by atoms with Gasteiger partial charge >= 0.3 is 6.03 Å². The normalized spacial score (nSPS) is 29.3. The molecule has 2 amide bonds. The van der Waals surface area contributed by atoms with E-state index in [2.05, 4.69) is 31.4 Å². The molecule has 2 aliphatic rings. The summed E-state index contributed by atoms with van der Waals surface area (Å²) in [4.78, 5) is 12.4. The van der Waals surface area contributed by atoms with Crippen LogP contribution in [-0.4, -0.2) is 26.3 Å². The molecule has 0 radical (unpaired) electrons. The van der Waals surface area contributed by atoms with Gasteiger partial charge in [-0.15, -0.1) is 0 Å². The van der Waals surface area contributed by atoms with E-state index in [0.29, 0.717) is 29.4 Å². The van der Waals surface area contributed by atoms with Gasteiger partial charge in [-0.3, -0.25) is 0 Å². The van der Waals surface area contributed by atoms with E-state index in [4.69, 9.17) is 9.47 Å². The molecule has 2 N–H and O–H groups in total. The standard InChI is InChI=1S/C20H30N2O3/c1-19(2)14-8-9-20(19,3)17(11-14)22-18(23)21-12-13-6-7-15(24-4)16(10-13)25-5/h6-7,10,14,17H,8-9,11-12H2,1-5H3,(H2,21,22,23)/t14-,17+,20+/m0/s1. The third-order valence-electron chi connectivity index (χ3n) is 7.00. The number of amides is 2. The summed E-state index contributed by atoms with van der Waals surface area (Å²) in [7, 11) is 3.22. The number of urea groups is 1. The predicted octanol–water partition coefficient (Wildman–Crippen LogP) is 3.72. The largest absolute Gasteiger partial charge is 0.493 e. The summed E-state index contributed by atoms with van der Waals surface area (Å²) in [6.45, 7) is 7.50. The van der Waals surface area contributed by atoms with Gasteiger partial charge in [0.2, 0.25) is 0 Å². The first kappa shape index (κ1) is 17.9. The second-order valence-electron chi connectivity index (χ2n) is 8.18. The van der Waals surface area contributed by atoms with Gasteiger partial charge in [0.05, 0.1) is 14.2 Å². The van der Waals surface area contributed by atoms with Gasteiger partial charge in [0.1, 0.15) is 0 Å². The molecule has 1 aromatic rings. The number of methoxy groups -OCH3 is 2. The Balaban J connectivity index is 1.58. The van der Waals surface area contributed by atoms with Crippen LogP contribution in [-0.2, 0) is 6.54 Å². The van der Waals surface area contributed by atoms with E-state index in [0.717, 1.165) is 12.0 Å². The van der Waals surface area contributed by atoms with E-state index in [9.17, 15) is 4.79 Å². The lowest BCUT2D eigenvalue weighted by Crippen LogP contribution is -2.49. The van der Waals surface area contributed by atoms with Crippen molar-refractivity contribution in [3.63, 3.8) is 0 Å². The zero-order chi connectivity index (χ0) is 18.2. The highest BCUT2D eigenvalue weighted by molar-refractivity contribution is 5.74. The van der Waals surface area contributed by atoms with Crippen molar-refractivity contribution in [3.8, 4) is 11.5 Å². The molecule has 25 heavy (non-hydrogen) atoms. The number of fused-ring (bicyclic) bond motifs is 2. The maximum absolute atomic E-state index is 12.4. The van der Waals surface area contributed by atoms with Crippen molar-refractivity contribution in [2.45, 2.75) is 52.6 Å². The fourth-order valence-electron chi connectivity index (χ4n) is 4.80. The summed E-state index contributed by atoms with van der Waals surface area (Å²) in [6, 6.07) is 5.84. The molecule has 2 fully saturated rings. The van der Waals surface area contributed by atoms with Crippen molar-refractivity contribution in [2.75, 3.05) is 14.2 Å². The van der Waals surface area contributed by atoms with Crippen molar-refractivity contribution in [1.29, 1.82) is 0 Å². The third-order valence-corrected chi connectivity index (χ3v) is 7.00. The van der Waals surface area contributed by atoms with Crippen LogP contribution in [0.4, 0.5) is 4.79 Å². The van der Waals surface area contributed by atoms with Crippen molar-refractivity contribution in [2.24, 2.45) is 16.7 Å². The Bertz CT molecular complexity index is 658. The van der Waals surface area contributed by atoms with Crippen LogP contribution in [0.2, 0.25) is 0 Å². The van der Waals surface area contributed by atoms with Crippen LogP contribution in [0.5, 0.6) is 11.5 Å². The zero-order valence-electron chi connectivity index (χ0n) is 15.9. The van der Waals surface area contributed by atoms with Crippen LogP contribution >= 0.6 is 0 Å². The fraction of sp³-hybridized carbons (Fsp3) is 0.650. The van der Waals surface area contributed by atoms with Crippen molar-refractivity contribution in [3.05, 3.63) is 23.8 Å². The molecule has 0 heterocycles. The average Bonchev–Trinajstić information content (AvgIpc) is 2.93. The smallest absolute Gasteiger partial charge is 0.315 e. The first-order valence-electron chi connectivity index (χ1n) is 9.07. The zero-order valence-corrected chi connectivity index (χ0v) is 15.9. The lowest BCUT2D eigenvalue weighted by molar-refractivity contribution is 0.123. The summed E-state index contributed by atoms with van der Waals surface area (Å²) in [5.41, 5.74) is 1.47. The van der Waals surface area contributed by atoms with E-state index in [1.165, 1.54) is 12.8 Å². The third kappa shape index (κ3) is 2.94. The number of carbonyl (C=O) groups excluding carboxylic acids is 1. The maximum Gasteiger partial charge on any atom is 0.315 e. The molecule has 2 aliphatic carbocycles. The SMILES string of the molecule is COc1ccc(CNC(=O)N[C@@H]2C[C@@H]3CC[C@@]2(C)C3(C)C)cc1OC. The maximum atomic E-state index is 12.4. The summed E-state index contributed by atoms with van der Waals surface area (Å²) < 4.78 is 10.5. The molecule has 0 aromatic heterocycles. The van der Waals surface area contributed by atoms with Gasteiger partial charge in [-0.2, -0.15) is 0 Å². The van der Waals surface area contributed by atoms with Crippen molar-refractivity contribution < 1.29 is 14.3 Å². The summed E-state index contributed by atoms with van der Waals surface area (Å²) in [5.74, 6) is 2.08. The number of ether oxygens (including phenoxy) is 2. The minimum atomic E-state index is -0.0932. The van der Waals surface area contributed by atoms with Crippen LogP contribution in [0.3, 0.4) is 0 Å². The Labute approximate surface area is 150 Å². The minimum absolute atomic E-state index is 0.0932. The molecule has 0 unspecified atom stereocenters. The second-order valence-corrected chi connectivity index (χ2v) is 8.18. The Morgan fingerprint density at radius 1 is 1.20 bits per heavy atom. The van der Waals surface area contributed by atoms with Gasteiger partial charge in [0.25, 0.3) is 0 Å². The fourth-order valence-corrected chi connectivity index (χ4v) is 4.80. The molecule has 5 heteroatoms. The molecule has 2 saturated carbocycles. The molecule has 0 spiro atoms. The molecule has 3 atom stereocenters. The molecular formula is C20H30N2O3. The van der Waals surface area contributed by atoms with Gasteiger partial charge in [-0.25, -0.2) is 4.79 Å². The first-order valence-corrected chi connectivity index (χ1v) is 9.07. The van der Waals surface area contributed by atoms with E-state index in [1.54, 1.807) is 14.2 Å². The first-order chi connectivity index (χ1) is 11.8. The number of nitrogens with one attached hydrogen (secondary N) is 2. The van der Waals surface area contributed by atoms with Crippen LogP contribution in [0, 0.1) is 16.7 Å². The Morgan fingerprint density at radius 2 is 1.92 bits per heavy atom. The van der Waals surface area contributed by atoms with Gasteiger partial charge in [-0.05, 0) is 53.7 Å². The topological polar surface area (TPSA) is 59.6 Å². The molecule has 0 saturated heterocycles. The van der Waals surface area contributed by atoms with E-state index in [-0.39, 0.29) is 17.5 Å². The highest BCUT2D eigenvalue weighted by Crippen LogP contribution is 2.65. The highest BCUT2D eigenvalue weighted by Gasteiger charge is 2.61. The average molecular weight is 346 g/mol. The lowest BCUT2D eigenvalue weighted by atomic mass is 9.69. The molecule has 0 aliphatic heterocycles. The van der Waals surface area contributed by atoms with E-state index < -0.39 is 0 Å². The van der Waals surface area contributed by atoms with E-state index >= 15 is 0 Å². The van der Waals surface area contributed by atoms with Gasteiger partial charge in [0, 0.05) is 12.6 Å². The monoisotopic (exact) mass is 346 g/mol. The van der Waals surface area contributed by atoms with Crippen molar-refractivity contribution >= 4 is 6.03 Å². The summed E-state index contributed by atoms with van der Waals surface area (Å²) >= 11 is 0. The number of hydrogen-bond acceptors (Lipinski definition) is 3. The highest BCUT2D eigenvalue weighted by atomic mass is 16.5. The van der Waals surface area contributed by atoms with Crippen LogP contribution < -0.4 is 20.1 Å². The van der Waals surface area contributed by atoms with Crippen LogP contribution in [0.25, 0.3) is 0 Å². The molecular weight excluding hydrogens is 316 g/mol. The Hall–Kier alpha value is -1.91. The number of rotatable bonds is 5. The summed E-state index contributed by atoms with van der Waals surface area (Å²) in [6.07, 6.45) is 3.58.